The fourth-order valence-corrected chi connectivity index (χ4v) is 1.55. The van der Waals surface area contributed by atoms with Crippen molar-refractivity contribution >= 4 is 11.7 Å². The minimum atomic E-state index is -0.349. The summed E-state index contributed by atoms with van der Waals surface area (Å²) >= 11 is 0. The van der Waals surface area contributed by atoms with Crippen molar-refractivity contribution in [2.24, 2.45) is 0 Å². The van der Waals surface area contributed by atoms with Gasteiger partial charge in [-0.15, -0.1) is 0 Å². The number of aliphatic hydroxyl groups excluding tert-OH is 1. The Hall–Kier alpha value is -1.59. The molecule has 0 amide bonds. The van der Waals surface area contributed by atoms with Crippen LogP contribution < -0.4 is 5.32 Å². The molecule has 0 unspecified atom stereocenters. The van der Waals surface area contributed by atoms with E-state index in [9.17, 15) is 4.79 Å². The van der Waals surface area contributed by atoms with Crippen molar-refractivity contribution in [3.8, 4) is 0 Å². The Kier molecular flexibility index (Phi) is 8.42. The monoisotopic (exact) mass is 281 g/mol. The van der Waals surface area contributed by atoms with Crippen molar-refractivity contribution in [2.75, 3.05) is 38.3 Å². The highest BCUT2D eigenvalue weighted by molar-refractivity contribution is 5.89. The zero-order valence-electron chi connectivity index (χ0n) is 11.9. The molecule has 1 aromatic carbocycles. The average molecular weight is 281 g/mol. The number of rotatable bonds is 10. The molecule has 0 aromatic heterocycles. The van der Waals surface area contributed by atoms with Gasteiger partial charge in [-0.25, -0.2) is 4.79 Å². The molecule has 0 bridgehead atoms. The summed E-state index contributed by atoms with van der Waals surface area (Å²) in [4.78, 5) is 11.7. The van der Waals surface area contributed by atoms with Crippen molar-refractivity contribution < 1.29 is 19.4 Å². The molecule has 0 radical (unpaired) electrons. The molecule has 112 valence electrons. The standard InChI is InChI=1S/C15H23NO4/c1-2-3-10-19-11-12-20-15(18)13-4-6-14(7-5-13)16-8-9-17/h4-7,16-17H,2-3,8-12H2,1H3. The predicted molar refractivity (Wildman–Crippen MR) is 78.0 cm³/mol. The number of anilines is 1. The van der Waals surface area contributed by atoms with E-state index in [-0.39, 0.29) is 19.2 Å². The number of ether oxygens (including phenoxy) is 2. The van der Waals surface area contributed by atoms with Gasteiger partial charge in [-0.05, 0) is 30.7 Å². The third kappa shape index (κ3) is 6.54. The molecule has 0 aliphatic carbocycles. The second kappa shape index (κ2) is 10.2. The van der Waals surface area contributed by atoms with E-state index in [2.05, 4.69) is 12.2 Å². The van der Waals surface area contributed by atoms with Gasteiger partial charge in [-0.2, -0.15) is 0 Å². The van der Waals surface area contributed by atoms with Crippen LogP contribution in [-0.4, -0.2) is 44.0 Å². The van der Waals surface area contributed by atoms with Gasteiger partial charge < -0.3 is 19.9 Å². The Morgan fingerprint density at radius 1 is 1.20 bits per heavy atom. The Labute approximate surface area is 119 Å². The van der Waals surface area contributed by atoms with Crippen LogP contribution in [0.15, 0.2) is 24.3 Å². The van der Waals surface area contributed by atoms with Crippen LogP contribution in [-0.2, 0) is 9.47 Å². The minimum absolute atomic E-state index is 0.0713. The van der Waals surface area contributed by atoms with Gasteiger partial charge in [0.25, 0.3) is 0 Å². The van der Waals surface area contributed by atoms with Crippen LogP contribution in [0.1, 0.15) is 30.1 Å². The summed E-state index contributed by atoms with van der Waals surface area (Å²) in [5, 5.41) is 11.7. The van der Waals surface area contributed by atoms with E-state index in [4.69, 9.17) is 14.6 Å². The summed E-state index contributed by atoms with van der Waals surface area (Å²) in [5.41, 5.74) is 1.37. The number of esters is 1. The molecule has 0 spiro atoms. The summed E-state index contributed by atoms with van der Waals surface area (Å²) in [6.45, 7) is 4.07. The van der Waals surface area contributed by atoms with Crippen LogP contribution in [0, 0.1) is 0 Å². The highest BCUT2D eigenvalue weighted by Gasteiger charge is 2.06. The fraction of sp³-hybridized carbons (Fsp3) is 0.533. The third-order valence-corrected chi connectivity index (χ3v) is 2.66. The Bertz CT molecular complexity index is 378. The van der Waals surface area contributed by atoms with Crippen molar-refractivity contribution in [2.45, 2.75) is 19.8 Å². The molecule has 2 N–H and O–H groups in total. The summed E-state index contributed by atoms with van der Waals surface area (Å²) < 4.78 is 10.4. The van der Waals surface area contributed by atoms with Crippen LogP contribution in [0.5, 0.6) is 0 Å². The summed E-state index contributed by atoms with van der Waals surface area (Å²) in [7, 11) is 0. The molecular formula is C15H23NO4. The summed E-state index contributed by atoms with van der Waals surface area (Å²) in [6.07, 6.45) is 2.12. The maximum absolute atomic E-state index is 11.7. The van der Waals surface area contributed by atoms with Crippen molar-refractivity contribution in [3.63, 3.8) is 0 Å². The second-order valence-corrected chi connectivity index (χ2v) is 4.33. The molecule has 0 saturated heterocycles. The van der Waals surface area contributed by atoms with Crippen molar-refractivity contribution in [1.29, 1.82) is 0 Å². The number of hydrogen-bond acceptors (Lipinski definition) is 5. The van der Waals surface area contributed by atoms with Gasteiger partial charge in [0.05, 0.1) is 18.8 Å². The SMILES string of the molecule is CCCCOCCOC(=O)c1ccc(NCCO)cc1. The molecule has 20 heavy (non-hydrogen) atoms. The first-order valence-corrected chi connectivity index (χ1v) is 6.97. The maximum Gasteiger partial charge on any atom is 0.338 e. The normalized spacial score (nSPS) is 10.3. The third-order valence-electron chi connectivity index (χ3n) is 2.66. The highest BCUT2D eigenvalue weighted by Crippen LogP contribution is 2.10. The van der Waals surface area contributed by atoms with E-state index in [1.54, 1.807) is 24.3 Å². The number of unbranched alkanes of at least 4 members (excludes halogenated alkanes) is 1. The van der Waals surface area contributed by atoms with Gasteiger partial charge in [0.2, 0.25) is 0 Å². The fourth-order valence-electron chi connectivity index (χ4n) is 1.55. The van der Waals surface area contributed by atoms with E-state index in [0.29, 0.717) is 25.3 Å². The number of nitrogens with one attached hydrogen (secondary N) is 1. The molecule has 0 aliphatic rings. The van der Waals surface area contributed by atoms with E-state index in [1.165, 1.54) is 0 Å². The lowest BCUT2D eigenvalue weighted by Gasteiger charge is -2.07. The number of carbonyl (C=O) groups is 1. The van der Waals surface area contributed by atoms with E-state index >= 15 is 0 Å². The van der Waals surface area contributed by atoms with E-state index < -0.39 is 0 Å². The quantitative estimate of drug-likeness (QED) is 0.507. The first kappa shape index (κ1) is 16.5. The van der Waals surface area contributed by atoms with Crippen molar-refractivity contribution in [3.05, 3.63) is 29.8 Å². The van der Waals surface area contributed by atoms with Gasteiger partial charge in [-0.3, -0.25) is 0 Å². The van der Waals surface area contributed by atoms with E-state index in [1.807, 2.05) is 0 Å². The first-order valence-electron chi connectivity index (χ1n) is 6.97. The smallest absolute Gasteiger partial charge is 0.338 e. The average Bonchev–Trinajstić information content (AvgIpc) is 2.49. The first-order chi connectivity index (χ1) is 9.77. The summed E-state index contributed by atoms with van der Waals surface area (Å²) in [6, 6.07) is 6.95. The number of hydrogen-bond donors (Lipinski definition) is 2. The molecule has 0 heterocycles. The minimum Gasteiger partial charge on any atom is -0.460 e. The lowest BCUT2D eigenvalue weighted by molar-refractivity contribution is 0.0314. The number of aliphatic hydroxyl groups is 1. The topological polar surface area (TPSA) is 67.8 Å². The van der Waals surface area contributed by atoms with Gasteiger partial charge in [0, 0.05) is 18.8 Å². The van der Waals surface area contributed by atoms with Gasteiger partial charge in [0.15, 0.2) is 0 Å². The second-order valence-electron chi connectivity index (χ2n) is 4.33. The van der Waals surface area contributed by atoms with Crippen LogP contribution >= 0.6 is 0 Å². The molecule has 0 atom stereocenters. The van der Waals surface area contributed by atoms with Crippen LogP contribution in [0.2, 0.25) is 0 Å². The Morgan fingerprint density at radius 3 is 2.60 bits per heavy atom. The zero-order valence-corrected chi connectivity index (χ0v) is 11.9. The molecule has 1 aromatic rings. The molecule has 0 saturated carbocycles. The molecule has 5 heteroatoms. The Morgan fingerprint density at radius 2 is 1.95 bits per heavy atom. The lowest BCUT2D eigenvalue weighted by Crippen LogP contribution is -2.11. The molecule has 0 fully saturated rings. The van der Waals surface area contributed by atoms with Crippen LogP contribution in [0.25, 0.3) is 0 Å². The molecule has 1 rings (SSSR count). The van der Waals surface area contributed by atoms with Gasteiger partial charge in [-0.1, -0.05) is 13.3 Å². The summed E-state index contributed by atoms with van der Waals surface area (Å²) in [5.74, 6) is -0.349. The van der Waals surface area contributed by atoms with Gasteiger partial charge in [0.1, 0.15) is 6.61 Å². The highest BCUT2D eigenvalue weighted by atomic mass is 16.6. The number of benzene rings is 1. The zero-order chi connectivity index (χ0) is 14.6. The largest absolute Gasteiger partial charge is 0.460 e. The molecule has 0 aliphatic heterocycles. The molecular weight excluding hydrogens is 258 g/mol. The van der Waals surface area contributed by atoms with E-state index in [0.717, 1.165) is 18.5 Å². The Balaban J connectivity index is 2.25. The van der Waals surface area contributed by atoms with Crippen molar-refractivity contribution in [1.82, 2.24) is 0 Å². The van der Waals surface area contributed by atoms with Crippen LogP contribution in [0.4, 0.5) is 5.69 Å². The van der Waals surface area contributed by atoms with Crippen LogP contribution in [0.3, 0.4) is 0 Å². The maximum atomic E-state index is 11.7. The lowest BCUT2D eigenvalue weighted by atomic mass is 10.2. The number of carbonyl (C=O) groups excluding carboxylic acids is 1. The predicted octanol–water partition coefficient (Wildman–Crippen LogP) is 2.06. The van der Waals surface area contributed by atoms with Gasteiger partial charge >= 0.3 is 5.97 Å². The molecule has 5 nitrogen and oxygen atoms in total.